The van der Waals surface area contributed by atoms with E-state index < -0.39 is 11.9 Å². The van der Waals surface area contributed by atoms with Crippen LogP contribution in [-0.2, 0) is 18.3 Å². The molecule has 0 saturated heterocycles. The summed E-state index contributed by atoms with van der Waals surface area (Å²) in [5.74, 6) is -0.490. The quantitative estimate of drug-likeness (QED) is 0.308. The molecular weight excluding hydrogens is 412 g/mol. The summed E-state index contributed by atoms with van der Waals surface area (Å²) in [7, 11) is 0. The standard InChI is InChI=1S/C29H32O4/c1-7-20-9-13-22(14-10-20)27(30)32-25-18-24(29(4,5)6)17-19(3)26(25)33-28(31)23-15-11-21(8-2)12-16-23/h9-18H,7-8H2,1-6H3. The molecule has 3 aromatic carbocycles. The van der Waals surface area contributed by atoms with E-state index >= 15 is 0 Å². The summed E-state index contributed by atoms with van der Waals surface area (Å²) >= 11 is 0. The fourth-order valence-corrected chi connectivity index (χ4v) is 3.44. The maximum Gasteiger partial charge on any atom is 0.343 e. The first kappa shape index (κ1) is 24.2. The van der Waals surface area contributed by atoms with Gasteiger partial charge < -0.3 is 9.47 Å². The van der Waals surface area contributed by atoms with E-state index in [-0.39, 0.29) is 16.9 Å². The molecule has 0 aliphatic heterocycles. The van der Waals surface area contributed by atoms with Gasteiger partial charge in [0.1, 0.15) is 0 Å². The Morgan fingerprint density at radius 3 is 1.61 bits per heavy atom. The van der Waals surface area contributed by atoms with Gasteiger partial charge in [0.05, 0.1) is 11.1 Å². The van der Waals surface area contributed by atoms with Crippen LogP contribution in [0.3, 0.4) is 0 Å². The van der Waals surface area contributed by atoms with Crippen LogP contribution in [0.15, 0.2) is 60.7 Å². The predicted octanol–water partition coefficient (Wildman–Crippen LogP) is 6.86. The number of aryl methyl sites for hydroxylation is 3. The molecule has 0 fully saturated rings. The topological polar surface area (TPSA) is 52.6 Å². The van der Waals surface area contributed by atoms with Crippen molar-refractivity contribution in [3.8, 4) is 11.5 Å². The highest BCUT2D eigenvalue weighted by molar-refractivity contribution is 5.93. The average molecular weight is 445 g/mol. The van der Waals surface area contributed by atoms with Crippen LogP contribution in [-0.4, -0.2) is 11.9 Å². The van der Waals surface area contributed by atoms with Gasteiger partial charge in [-0.2, -0.15) is 0 Å². The lowest BCUT2D eigenvalue weighted by Gasteiger charge is -2.22. The second kappa shape index (κ2) is 10.0. The fraction of sp³-hybridized carbons (Fsp3) is 0.310. The summed E-state index contributed by atoms with van der Waals surface area (Å²) < 4.78 is 11.5. The highest BCUT2D eigenvalue weighted by Gasteiger charge is 2.23. The molecule has 0 spiro atoms. The van der Waals surface area contributed by atoms with Crippen LogP contribution in [0.1, 0.15) is 77.6 Å². The molecule has 0 saturated carbocycles. The van der Waals surface area contributed by atoms with Gasteiger partial charge >= 0.3 is 11.9 Å². The van der Waals surface area contributed by atoms with Gasteiger partial charge in [-0.15, -0.1) is 0 Å². The molecule has 3 aromatic rings. The fourth-order valence-electron chi connectivity index (χ4n) is 3.44. The van der Waals surface area contributed by atoms with Gasteiger partial charge in [-0.1, -0.05) is 65.0 Å². The molecule has 0 N–H and O–H groups in total. The Kier molecular flexibility index (Phi) is 7.37. The molecule has 33 heavy (non-hydrogen) atoms. The van der Waals surface area contributed by atoms with Gasteiger partial charge in [0.15, 0.2) is 11.5 Å². The number of esters is 2. The van der Waals surface area contributed by atoms with Crippen LogP contribution in [0.2, 0.25) is 0 Å². The first-order valence-corrected chi connectivity index (χ1v) is 11.4. The molecule has 4 heteroatoms. The number of rotatable bonds is 6. The molecule has 0 aromatic heterocycles. The lowest BCUT2D eigenvalue weighted by molar-refractivity contribution is 0.0681. The monoisotopic (exact) mass is 444 g/mol. The minimum absolute atomic E-state index is 0.173. The number of benzene rings is 3. The van der Waals surface area contributed by atoms with E-state index in [9.17, 15) is 9.59 Å². The largest absolute Gasteiger partial charge is 0.419 e. The van der Waals surface area contributed by atoms with Crippen molar-refractivity contribution in [2.75, 3.05) is 0 Å². The van der Waals surface area contributed by atoms with E-state index in [1.165, 1.54) is 0 Å². The van der Waals surface area contributed by atoms with Gasteiger partial charge in [0.25, 0.3) is 0 Å². The Morgan fingerprint density at radius 2 is 1.18 bits per heavy atom. The summed E-state index contributed by atoms with van der Waals surface area (Å²) in [6, 6.07) is 18.4. The number of hydrogen-bond donors (Lipinski definition) is 0. The zero-order chi connectivity index (χ0) is 24.2. The van der Waals surface area contributed by atoms with Crippen molar-refractivity contribution < 1.29 is 19.1 Å². The van der Waals surface area contributed by atoms with E-state index in [1.54, 1.807) is 30.3 Å². The SMILES string of the molecule is CCc1ccc(C(=O)Oc2cc(C(C)(C)C)cc(C)c2OC(=O)c2ccc(CC)cc2)cc1. The number of carbonyl (C=O) groups is 2. The summed E-state index contributed by atoms with van der Waals surface area (Å²) in [5, 5.41) is 0. The minimum Gasteiger partial charge on any atom is -0.419 e. The van der Waals surface area contributed by atoms with E-state index in [0.717, 1.165) is 35.1 Å². The smallest absolute Gasteiger partial charge is 0.343 e. The Balaban J connectivity index is 1.95. The number of carbonyl (C=O) groups excluding carboxylic acids is 2. The van der Waals surface area contributed by atoms with Crippen LogP contribution < -0.4 is 9.47 Å². The summed E-state index contributed by atoms with van der Waals surface area (Å²) in [6.07, 6.45) is 1.78. The maximum atomic E-state index is 12.9. The van der Waals surface area contributed by atoms with Crippen molar-refractivity contribution >= 4 is 11.9 Å². The lowest BCUT2D eigenvalue weighted by Crippen LogP contribution is -2.16. The summed E-state index contributed by atoms with van der Waals surface area (Å²) in [5.41, 5.74) is 4.70. The highest BCUT2D eigenvalue weighted by Crippen LogP contribution is 2.37. The van der Waals surface area contributed by atoms with E-state index in [2.05, 4.69) is 34.6 Å². The number of ether oxygens (including phenoxy) is 2. The van der Waals surface area contributed by atoms with Crippen LogP contribution in [0, 0.1) is 6.92 Å². The van der Waals surface area contributed by atoms with Crippen molar-refractivity contribution in [2.24, 2.45) is 0 Å². The zero-order valence-electron chi connectivity index (χ0n) is 20.3. The molecule has 0 atom stereocenters. The first-order chi connectivity index (χ1) is 15.6. The van der Waals surface area contributed by atoms with Gasteiger partial charge in [0, 0.05) is 0 Å². The third-order valence-electron chi connectivity index (χ3n) is 5.70. The molecule has 0 heterocycles. The molecule has 0 aliphatic rings. The summed E-state index contributed by atoms with van der Waals surface area (Å²) in [6.45, 7) is 12.2. The third kappa shape index (κ3) is 5.89. The van der Waals surface area contributed by atoms with E-state index in [0.29, 0.717) is 11.1 Å². The minimum atomic E-state index is -0.493. The second-order valence-electron chi connectivity index (χ2n) is 9.25. The first-order valence-electron chi connectivity index (χ1n) is 11.4. The van der Waals surface area contributed by atoms with Crippen LogP contribution >= 0.6 is 0 Å². The molecule has 172 valence electrons. The van der Waals surface area contributed by atoms with Crippen LogP contribution in [0.4, 0.5) is 0 Å². The molecular formula is C29H32O4. The molecule has 0 aliphatic carbocycles. The van der Waals surface area contributed by atoms with Crippen molar-refractivity contribution in [2.45, 2.75) is 59.8 Å². The second-order valence-corrected chi connectivity index (χ2v) is 9.25. The van der Waals surface area contributed by atoms with Crippen molar-refractivity contribution in [1.82, 2.24) is 0 Å². The van der Waals surface area contributed by atoms with Crippen molar-refractivity contribution in [3.63, 3.8) is 0 Å². The highest BCUT2D eigenvalue weighted by atomic mass is 16.6. The van der Waals surface area contributed by atoms with Crippen molar-refractivity contribution in [3.05, 3.63) is 94.0 Å². The Labute approximate surface area is 196 Å². The van der Waals surface area contributed by atoms with E-state index in [4.69, 9.17) is 9.47 Å². The molecule has 0 radical (unpaired) electrons. The maximum absolute atomic E-state index is 12.9. The molecule has 0 bridgehead atoms. The predicted molar refractivity (Wildman–Crippen MR) is 131 cm³/mol. The van der Waals surface area contributed by atoms with Gasteiger partial charge in [-0.3, -0.25) is 0 Å². The summed E-state index contributed by atoms with van der Waals surface area (Å²) in [4.78, 5) is 25.8. The number of hydrogen-bond acceptors (Lipinski definition) is 4. The molecule has 0 amide bonds. The average Bonchev–Trinajstić information content (AvgIpc) is 2.80. The molecule has 3 rings (SSSR count). The molecule has 0 unspecified atom stereocenters. The Bertz CT molecular complexity index is 1130. The van der Waals surface area contributed by atoms with Crippen LogP contribution in [0.25, 0.3) is 0 Å². The van der Waals surface area contributed by atoms with Gasteiger partial charge in [-0.05, 0) is 77.8 Å². The third-order valence-corrected chi connectivity index (χ3v) is 5.70. The van der Waals surface area contributed by atoms with Gasteiger partial charge in [-0.25, -0.2) is 9.59 Å². The Hall–Kier alpha value is -3.40. The normalized spacial score (nSPS) is 11.2. The van der Waals surface area contributed by atoms with Gasteiger partial charge in [0.2, 0.25) is 0 Å². The van der Waals surface area contributed by atoms with E-state index in [1.807, 2.05) is 37.3 Å². The Morgan fingerprint density at radius 1 is 0.727 bits per heavy atom. The molecule has 4 nitrogen and oxygen atoms in total. The van der Waals surface area contributed by atoms with Crippen LogP contribution in [0.5, 0.6) is 11.5 Å². The van der Waals surface area contributed by atoms with Crippen molar-refractivity contribution in [1.29, 1.82) is 0 Å². The lowest BCUT2D eigenvalue weighted by atomic mass is 9.86. The zero-order valence-corrected chi connectivity index (χ0v) is 20.3.